The maximum Gasteiger partial charge on any atom is 0.134 e. The summed E-state index contributed by atoms with van der Waals surface area (Å²) in [5, 5.41) is 19.5. The van der Waals surface area contributed by atoms with Gasteiger partial charge >= 0.3 is 0 Å². The molecule has 0 aliphatic rings. The van der Waals surface area contributed by atoms with Crippen LogP contribution >= 0.6 is 0 Å². The van der Waals surface area contributed by atoms with Crippen molar-refractivity contribution in [1.82, 2.24) is 5.06 Å². The van der Waals surface area contributed by atoms with Crippen LogP contribution in [0.2, 0.25) is 0 Å². The summed E-state index contributed by atoms with van der Waals surface area (Å²) < 4.78 is 0. The molecule has 0 aromatic heterocycles. The first-order chi connectivity index (χ1) is 4.84. The van der Waals surface area contributed by atoms with Gasteiger partial charge in [-0.3, -0.25) is 0 Å². The molecule has 0 bridgehead atoms. The number of nitrogens with zero attached hydrogens (tertiary/aromatic N) is 1. The van der Waals surface area contributed by atoms with E-state index in [2.05, 4.69) is 13.8 Å². The van der Waals surface area contributed by atoms with Gasteiger partial charge in [0.05, 0.1) is 0 Å². The van der Waals surface area contributed by atoms with Gasteiger partial charge in [0.25, 0.3) is 0 Å². The molecular weight excluding hydrogens is 142 g/mol. The van der Waals surface area contributed by atoms with E-state index in [1.54, 1.807) is 13.8 Å². The molecule has 0 atom stereocenters. The van der Waals surface area contributed by atoms with Crippen LogP contribution in [0.5, 0.6) is 0 Å². The first-order valence-corrected chi connectivity index (χ1v) is 4.03. The fraction of sp³-hybridized carbons (Fsp3) is 1.00. The van der Waals surface area contributed by atoms with E-state index in [0.717, 1.165) is 11.5 Å². The summed E-state index contributed by atoms with van der Waals surface area (Å²) in [6.07, 6.45) is 0.889. The Kier molecular flexibility index (Phi) is 4.00. The minimum absolute atomic E-state index is 0.515. The minimum Gasteiger partial charge on any atom is -0.374 e. The molecule has 0 unspecified atom stereocenters. The van der Waals surface area contributed by atoms with Crippen LogP contribution in [0.1, 0.15) is 34.1 Å². The van der Waals surface area contributed by atoms with E-state index < -0.39 is 5.72 Å². The number of rotatable bonds is 4. The molecule has 0 aromatic carbocycles. The molecular formula is C8H19NO2. The second-order valence-electron chi connectivity index (χ2n) is 3.80. The summed E-state index contributed by atoms with van der Waals surface area (Å²) in [4.78, 5) is 0. The van der Waals surface area contributed by atoms with Crippen molar-refractivity contribution in [3.63, 3.8) is 0 Å². The van der Waals surface area contributed by atoms with Crippen molar-refractivity contribution in [1.29, 1.82) is 0 Å². The molecule has 0 aliphatic heterocycles. The van der Waals surface area contributed by atoms with E-state index in [-0.39, 0.29) is 0 Å². The van der Waals surface area contributed by atoms with Crippen molar-refractivity contribution < 1.29 is 10.3 Å². The summed E-state index contributed by atoms with van der Waals surface area (Å²) in [6.45, 7) is 7.80. The summed E-state index contributed by atoms with van der Waals surface area (Å²) >= 11 is 0. The van der Waals surface area contributed by atoms with Crippen LogP contribution < -0.4 is 0 Å². The van der Waals surface area contributed by atoms with E-state index in [9.17, 15) is 10.3 Å². The predicted molar refractivity (Wildman–Crippen MR) is 44.2 cm³/mol. The Balaban J connectivity index is 3.61. The van der Waals surface area contributed by atoms with Crippen LogP contribution in [0.4, 0.5) is 0 Å². The molecule has 68 valence electrons. The maximum atomic E-state index is 9.27. The van der Waals surface area contributed by atoms with Gasteiger partial charge in [0.1, 0.15) is 5.72 Å². The third-order valence-electron chi connectivity index (χ3n) is 1.55. The zero-order valence-corrected chi connectivity index (χ0v) is 7.83. The molecule has 0 heterocycles. The van der Waals surface area contributed by atoms with E-state index in [1.165, 1.54) is 0 Å². The summed E-state index contributed by atoms with van der Waals surface area (Å²) in [6, 6.07) is 0. The molecule has 0 aliphatic carbocycles. The van der Waals surface area contributed by atoms with Gasteiger partial charge in [-0.1, -0.05) is 13.8 Å². The van der Waals surface area contributed by atoms with Crippen molar-refractivity contribution in [2.24, 2.45) is 5.92 Å². The molecule has 0 fully saturated rings. The number of aliphatic hydroxyl groups is 1. The van der Waals surface area contributed by atoms with E-state index in [1.807, 2.05) is 0 Å². The van der Waals surface area contributed by atoms with Crippen LogP contribution in [-0.4, -0.2) is 27.6 Å². The summed E-state index contributed by atoms with van der Waals surface area (Å²) in [5.41, 5.74) is -1.12. The van der Waals surface area contributed by atoms with Crippen molar-refractivity contribution in [3.8, 4) is 0 Å². The molecule has 0 spiro atoms. The lowest BCUT2D eigenvalue weighted by Crippen LogP contribution is -2.42. The first-order valence-electron chi connectivity index (χ1n) is 4.03. The lowest BCUT2D eigenvalue weighted by Gasteiger charge is -2.28. The molecule has 0 rings (SSSR count). The van der Waals surface area contributed by atoms with Crippen LogP contribution in [-0.2, 0) is 0 Å². The second-order valence-corrected chi connectivity index (χ2v) is 3.80. The Labute approximate surface area is 68.6 Å². The normalized spacial score (nSPS) is 13.1. The molecule has 11 heavy (non-hydrogen) atoms. The van der Waals surface area contributed by atoms with Crippen LogP contribution in [0, 0.1) is 5.92 Å². The SMILES string of the molecule is CC(C)CCN(O)C(C)(C)O. The number of hydroxylamine groups is 2. The van der Waals surface area contributed by atoms with Gasteiger partial charge in [-0.2, -0.15) is 5.06 Å². The van der Waals surface area contributed by atoms with Crippen molar-refractivity contribution in [2.75, 3.05) is 6.54 Å². The standard InChI is InChI=1S/C8H19NO2/c1-7(2)5-6-9(11)8(3,4)10/h7,10-11H,5-6H2,1-4H3. The smallest absolute Gasteiger partial charge is 0.134 e. The van der Waals surface area contributed by atoms with E-state index >= 15 is 0 Å². The summed E-state index contributed by atoms with van der Waals surface area (Å²) in [7, 11) is 0. The molecule has 0 amide bonds. The second kappa shape index (κ2) is 4.04. The molecule has 0 radical (unpaired) electrons. The molecule has 0 saturated heterocycles. The minimum atomic E-state index is -1.12. The van der Waals surface area contributed by atoms with Gasteiger partial charge in [0.2, 0.25) is 0 Å². The zero-order valence-electron chi connectivity index (χ0n) is 7.83. The third-order valence-corrected chi connectivity index (χ3v) is 1.55. The third kappa shape index (κ3) is 5.18. The van der Waals surface area contributed by atoms with Crippen molar-refractivity contribution >= 4 is 0 Å². The highest BCUT2D eigenvalue weighted by Crippen LogP contribution is 2.09. The van der Waals surface area contributed by atoms with Crippen molar-refractivity contribution in [2.45, 2.75) is 39.8 Å². The zero-order chi connectivity index (χ0) is 9.07. The van der Waals surface area contributed by atoms with Gasteiger partial charge in [0.15, 0.2) is 0 Å². The van der Waals surface area contributed by atoms with Gasteiger partial charge in [-0.05, 0) is 26.2 Å². The lowest BCUT2D eigenvalue weighted by atomic mass is 10.1. The highest BCUT2D eigenvalue weighted by molar-refractivity contribution is 4.60. The van der Waals surface area contributed by atoms with E-state index in [4.69, 9.17) is 0 Å². The average Bonchev–Trinajstić information content (AvgIpc) is 1.80. The topological polar surface area (TPSA) is 43.7 Å². The highest BCUT2D eigenvalue weighted by atomic mass is 16.5. The highest BCUT2D eigenvalue weighted by Gasteiger charge is 2.20. The Morgan fingerprint density at radius 2 is 1.82 bits per heavy atom. The molecule has 0 aromatic rings. The van der Waals surface area contributed by atoms with Gasteiger partial charge in [-0.25, -0.2) is 0 Å². The van der Waals surface area contributed by atoms with E-state index in [0.29, 0.717) is 12.5 Å². The Morgan fingerprint density at radius 3 is 2.09 bits per heavy atom. The van der Waals surface area contributed by atoms with Gasteiger partial charge in [-0.15, -0.1) is 0 Å². The largest absolute Gasteiger partial charge is 0.374 e. The van der Waals surface area contributed by atoms with Crippen LogP contribution in [0.25, 0.3) is 0 Å². The number of hydrogen-bond acceptors (Lipinski definition) is 3. The first kappa shape index (κ1) is 10.9. The lowest BCUT2D eigenvalue weighted by molar-refractivity contribution is -0.246. The summed E-state index contributed by atoms with van der Waals surface area (Å²) in [5.74, 6) is 0.548. The van der Waals surface area contributed by atoms with Crippen molar-refractivity contribution in [3.05, 3.63) is 0 Å². The fourth-order valence-corrected chi connectivity index (χ4v) is 0.654. The average molecular weight is 161 g/mol. The number of hydrogen-bond donors (Lipinski definition) is 2. The fourth-order valence-electron chi connectivity index (χ4n) is 0.654. The quantitative estimate of drug-likeness (QED) is 0.484. The maximum absolute atomic E-state index is 9.27. The van der Waals surface area contributed by atoms with Crippen LogP contribution in [0.3, 0.4) is 0 Å². The monoisotopic (exact) mass is 161 g/mol. The Bertz CT molecular complexity index is 107. The molecule has 2 N–H and O–H groups in total. The molecule has 3 nitrogen and oxygen atoms in total. The Morgan fingerprint density at radius 1 is 1.36 bits per heavy atom. The molecule has 0 saturated carbocycles. The van der Waals surface area contributed by atoms with Gasteiger partial charge in [0, 0.05) is 6.54 Å². The predicted octanol–water partition coefficient (Wildman–Crippen LogP) is 1.45. The van der Waals surface area contributed by atoms with Gasteiger partial charge < -0.3 is 10.3 Å². The Hall–Kier alpha value is -0.120. The van der Waals surface area contributed by atoms with Crippen LogP contribution in [0.15, 0.2) is 0 Å². The molecule has 3 heteroatoms.